The third-order valence-corrected chi connectivity index (χ3v) is 5.83. The summed E-state index contributed by atoms with van der Waals surface area (Å²) in [6.07, 6.45) is 1.02. The average molecular weight is 299 g/mol. The number of rotatable bonds is 3. The van der Waals surface area contributed by atoms with Gasteiger partial charge in [0.15, 0.2) is 0 Å². The van der Waals surface area contributed by atoms with E-state index in [1.54, 1.807) is 0 Å². The monoisotopic (exact) mass is 299 g/mol. The lowest BCUT2D eigenvalue weighted by atomic mass is 10.1. The third kappa shape index (κ3) is 2.53. The Kier molecular flexibility index (Phi) is 3.66. The van der Waals surface area contributed by atoms with Crippen LogP contribution in [0.1, 0.15) is 6.42 Å². The Morgan fingerprint density at radius 2 is 2.00 bits per heavy atom. The number of hydrogen-bond donors (Lipinski definition) is 1. The molecule has 2 saturated heterocycles. The van der Waals surface area contributed by atoms with Gasteiger partial charge in [-0.3, -0.25) is 4.31 Å². The van der Waals surface area contributed by atoms with Crippen LogP contribution in [0.25, 0.3) is 0 Å². The molecule has 2 heterocycles. The van der Waals surface area contributed by atoms with Crippen molar-refractivity contribution >= 4 is 15.9 Å². The van der Waals surface area contributed by atoms with Gasteiger partial charge in [0.25, 0.3) is 0 Å². The molecule has 2 aliphatic rings. The lowest BCUT2D eigenvalue weighted by molar-refractivity contribution is 0.381. The maximum atomic E-state index is 12.9. The summed E-state index contributed by atoms with van der Waals surface area (Å²) < 4.78 is 40.8. The van der Waals surface area contributed by atoms with E-state index in [0.717, 1.165) is 19.5 Å². The molecule has 1 unspecified atom stereocenters. The van der Waals surface area contributed by atoms with Crippen LogP contribution < -0.4 is 9.62 Å². The molecular formula is C13H18FN3O2S. The van der Waals surface area contributed by atoms with Gasteiger partial charge in [0.2, 0.25) is 0 Å². The van der Waals surface area contributed by atoms with Gasteiger partial charge in [0.1, 0.15) is 5.82 Å². The van der Waals surface area contributed by atoms with E-state index >= 15 is 0 Å². The SMILES string of the molecule is O=S1(=O)N(CC2CCNC2)CCN1c1ccc(F)cc1. The molecule has 1 atom stereocenters. The second-order valence-electron chi connectivity index (χ2n) is 5.27. The van der Waals surface area contributed by atoms with Crippen molar-refractivity contribution in [2.24, 2.45) is 5.92 Å². The molecule has 1 aromatic rings. The van der Waals surface area contributed by atoms with Crippen LogP contribution in [0.5, 0.6) is 0 Å². The van der Waals surface area contributed by atoms with Crippen molar-refractivity contribution in [3.63, 3.8) is 0 Å². The highest BCUT2D eigenvalue weighted by Gasteiger charge is 2.38. The topological polar surface area (TPSA) is 52.7 Å². The zero-order chi connectivity index (χ0) is 14.2. The van der Waals surface area contributed by atoms with E-state index in [0.29, 0.717) is 31.2 Å². The van der Waals surface area contributed by atoms with E-state index in [4.69, 9.17) is 0 Å². The Labute approximate surface area is 118 Å². The fourth-order valence-electron chi connectivity index (χ4n) is 2.79. The van der Waals surface area contributed by atoms with Crippen LogP contribution in [0.3, 0.4) is 0 Å². The van der Waals surface area contributed by atoms with Gasteiger partial charge in [0, 0.05) is 19.6 Å². The summed E-state index contributed by atoms with van der Waals surface area (Å²) in [5.74, 6) is 0.0252. The highest BCUT2D eigenvalue weighted by Crippen LogP contribution is 2.26. The average Bonchev–Trinajstić information content (AvgIpc) is 3.01. The molecule has 5 nitrogen and oxygen atoms in total. The van der Waals surface area contributed by atoms with Crippen LogP contribution in [0.15, 0.2) is 24.3 Å². The van der Waals surface area contributed by atoms with E-state index in [1.807, 2.05) is 0 Å². The maximum absolute atomic E-state index is 12.9. The minimum Gasteiger partial charge on any atom is -0.316 e. The predicted molar refractivity (Wildman–Crippen MR) is 75.2 cm³/mol. The first-order valence-electron chi connectivity index (χ1n) is 6.81. The van der Waals surface area contributed by atoms with E-state index in [9.17, 15) is 12.8 Å². The predicted octanol–water partition coefficient (Wildman–Crippen LogP) is 0.802. The Morgan fingerprint density at radius 3 is 2.65 bits per heavy atom. The summed E-state index contributed by atoms with van der Waals surface area (Å²) in [6, 6.07) is 5.59. The van der Waals surface area contributed by atoms with Crippen LogP contribution in [0.4, 0.5) is 10.1 Å². The highest BCUT2D eigenvalue weighted by atomic mass is 32.2. The van der Waals surface area contributed by atoms with Crippen LogP contribution in [0, 0.1) is 11.7 Å². The Balaban J connectivity index is 1.76. The van der Waals surface area contributed by atoms with Crippen molar-refractivity contribution in [3.05, 3.63) is 30.1 Å². The highest BCUT2D eigenvalue weighted by molar-refractivity contribution is 7.90. The molecule has 0 spiro atoms. The lowest BCUT2D eigenvalue weighted by Crippen LogP contribution is -2.36. The van der Waals surface area contributed by atoms with Crippen molar-refractivity contribution < 1.29 is 12.8 Å². The molecule has 0 aliphatic carbocycles. The fraction of sp³-hybridized carbons (Fsp3) is 0.538. The minimum atomic E-state index is -3.46. The third-order valence-electron chi connectivity index (χ3n) is 3.90. The minimum absolute atomic E-state index is 0.362. The fourth-order valence-corrected chi connectivity index (χ4v) is 4.48. The molecule has 0 bridgehead atoms. The summed E-state index contributed by atoms with van der Waals surface area (Å²) >= 11 is 0. The first-order chi connectivity index (χ1) is 9.57. The molecule has 0 radical (unpaired) electrons. The molecule has 2 fully saturated rings. The number of halogens is 1. The molecule has 0 saturated carbocycles. The lowest BCUT2D eigenvalue weighted by Gasteiger charge is -2.22. The Hall–Kier alpha value is -1.18. The summed E-state index contributed by atoms with van der Waals surface area (Å²) in [5.41, 5.74) is 0.526. The maximum Gasteiger partial charge on any atom is 0.304 e. The number of hydrogen-bond acceptors (Lipinski definition) is 3. The molecule has 2 aliphatic heterocycles. The normalized spacial score (nSPS) is 26.2. The second kappa shape index (κ2) is 5.31. The Bertz CT molecular complexity index is 570. The number of benzene rings is 1. The number of nitrogens with zero attached hydrogens (tertiary/aromatic N) is 2. The molecule has 0 aromatic heterocycles. The smallest absolute Gasteiger partial charge is 0.304 e. The summed E-state index contributed by atoms with van der Waals surface area (Å²) in [6.45, 7) is 3.32. The van der Waals surface area contributed by atoms with Crippen molar-refractivity contribution in [2.45, 2.75) is 6.42 Å². The van der Waals surface area contributed by atoms with Gasteiger partial charge in [-0.1, -0.05) is 0 Å². The quantitative estimate of drug-likeness (QED) is 0.898. The summed E-state index contributed by atoms with van der Waals surface area (Å²) in [7, 11) is -3.46. The van der Waals surface area contributed by atoms with Gasteiger partial charge in [-0.25, -0.2) is 4.39 Å². The zero-order valence-electron chi connectivity index (χ0n) is 11.1. The molecule has 20 heavy (non-hydrogen) atoms. The number of anilines is 1. The van der Waals surface area contributed by atoms with Gasteiger partial charge < -0.3 is 5.32 Å². The molecule has 1 N–H and O–H groups in total. The van der Waals surface area contributed by atoms with Crippen LogP contribution in [-0.4, -0.2) is 45.4 Å². The van der Waals surface area contributed by atoms with E-state index in [2.05, 4.69) is 5.32 Å². The Morgan fingerprint density at radius 1 is 1.25 bits per heavy atom. The molecular weight excluding hydrogens is 281 g/mol. The molecule has 3 rings (SSSR count). The largest absolute Gasteiger partial charge is 0.316 e. The van der Waals surface area contributed by atoms with Crippen molar-refractivity contribution in [2.75, 3.05) is 37.0 Å². The van der Waals surface area contributed by atoms with Gasteiger partial charge in [-0.2, -0.15) is 12.7 Å². The first kappa shape index (κ1) is 13.8. The van der Waals surface area contributed by atoms with Crippen molar-refractivity contribution in [3.8, 4) is 0 Å². The van der Waals surface area contributed by atoms with Gasteiger partial charge in [-0.15, -0.1) is 0 Å². The number of nitrogens with one attached hydrogen (secondary N) is 1. The summed E-state index contributed by atoms with van der Waals surface area (Å²) in [5, 5.41) is 3.25. The molecule has 110 valence electrons. The van der Waals surface area contributed by atoms with E-state index < -0.39 is 10.2 Å². The van der Waals surface area contributed by atoms with Crippen molar-refractivity contribution in [1.29, 1.82) is 0 Å². The van der Waals surface area contributed by atoms with Crippen LogP contribution in [-0.2, 0) is 10.2 Å². The van der Waals surface area contributed by atoms with Gasteiger partial charge in [-0.05, 0) is 49.7 Å². The molecule has 7 heteroatoms. The van der Waals surface area contributed by atoms with E-state index in [1.165, 1.54) is 32.9 Å². The molecule has 1 aromatic carbocycles. The summed E-state index contributed by atoms with van der Waals surface area (Å²) in [4.78, 5) is 0. The van der Waals surface area contributed by atoms with Crippen molar-refractivity contribution in [1.82, 2.24) is 9.62 Å². The van der Waals surface area contributed by atoms with Crippen LogP contribution >= 0.6 is 0 Å². The second-order valence-corrected chi connectivity index (χ2v) is 7.13. The zero-order valence-corrected chi connectivity index (χ0v) is 11.9. The van der Waals surface area contributed by atoms with E-state index in [-0.39, 0.29) is 5.82 Å². The molecule has 0 amide bonds. The van der Waals surface area contributed by atoms with Crippen LogP contribution in [0.2, 0.25) is 0 Å². The standard InChI is InChI=1S/C13H18FN3O2S/c14-12-1-3-13(4-2-12)17-8-7-16(20(17,18)19)10-11-5-6-15-9-11/h1-4,11,15H,5-10H2. The van der Waals surface area contributed by atoms with Gasteiger partial charge >= 0.3 is 10.2 Å². The van der Waals surface area contributed by atoms with Gasteiger partial charge in [0.05, 0.1) is 5.69 Å². The first-order valence-corrected chi connectivity index (χ1v) is 8.21.